The van der Waals surface area contributed by atoms with Crippen molar-refractivity contribution in [3.8, 4) is 0 Å². The Morgan fingerprint density at radius 3 is 3.21 bits per heavy atom. The lowest BCUT2D eigenvalue weighted by atomic mass is 10.1. The largest absolute Gasteiger partial charge is 0.385 e. The zero-order chi connectivity index (χ0) is 9.97. The molecule has 1 aromatic carbocycles. The van der Waals surface area contributed by atoms with Gasteiger partial charge in [-0.3, -0.25) is 0 Å². The number of rotatable bonds is 0. The van der Waals surface area contributed by atoms with Gasteiger partial charge in [-0.1, -0.05) is 0 Å². The van der Waals surface area contributed by atoms with Crippen LogP contribution in [0.4, 0.5) is 5.69 Å². The fourth-order valence-corrected chi connectivity index (χ4v) is 3.23. The average Bonchev–Trinajstić information content (AvgIpc) is 2.16. The molecule has 0 amide bonds. The molecule has 0 aromatic heterocycles. The van der Waals surface area contributed by atoms with Crippen LogP contribution in [0.1, 0.15) is 24.2 Å². The Balaban J connectivity index is 2.36. The van der Waals surface area contributed by atoms with Crippen molar-refractivity contribution in [1.29, 1.82) is 0 Å². The fraction of sp³-hybridized carbons (Fsp3) is 0.455. The number of hydrogen-bond donors (Lipinski definition) is 1. The van der Waals surface area contributed by atoms with E-state index < -0.39 is 0 Å². The van der Waals surface area contributed by atoms with Crippen LogP contribution in [0.2, 0.25) is 0 Å². The van der Waals surface area contributed by atoms with Gasteiger partial charge in [-0.25, -0.2) is 0 Å². The van der Waals surface area contributed by atoms with Crippen molar-refractivity contribution in [2.45, 2.75) is 18.6 Å². The maximum Gasteiger partial charge on any atom is 0.0384 e. The number of benzene rings is 1. The minimum absolute atomic E-state index is 0.618. The Morgan fingerprint density at radius 1 is 1.50 bits per heavy atom. The molecular formula is C11H14INS. The van der Waals surface area contributed by atoms with Crippen LogP contribution in [0.25, 0.3) is 0 Å². The maximum atomic E-state index is 3.51. The van der Waals surface area contributed by atoms with Gasteiger partial charge in [0.2, 0.25) is 0 Å². The van der Waals surface area contributed by atoms with E-state index in [2.05, 4.69) is 64.8 Å². The van der Waals surface area contributed by atoms with Crippen molar-refractivity contribution >= 4 is 40.0 Å². The van der Waals surface area contributed by atoms with Crippen LogP contribution < -0.4 is 5.32 Å². The second-order valence-electron chi connectivity index (χ2n) is 3.52. The Morgan fingerprint density at radius 2 is 2.36 bits per heavy atom. The predicted molar refractivity (Wildman–Crippen MR) is 73.1 cm³/mol. The van der Waals surface area contributed by atoms with Gasteiger partial charge < -0.3 is 5.32 Å². The van der Waals surface area contributed by atoms with Crippen LogP contribution in [0.3, 0.4) is 0 Å². The van der Waals surface area contributed by atoms with E-state index in [0.717, 1.165) is 6.54 Å². The van der Waals surface area contributed by atoms with Crippen LogP contribution in [-0.4, -0.2) is 12.3 Å². The second kappa shape index (κ2) is 4.75. The molecule has 1 aliphatic rings. The highest BCUT2D eigenvalue weighted by atomic mass is 127. The van der Waals surface area contributed by atoms with Gasteiger partial charge in [0.1, 0.15) is 0 Å². The Labute approximate surface area is 103 Å². The van der Waals surface area contributed by atoms with Gasteiger partial charge in [-0.15, -0.1) is 0 Å². The van der Waals surface area contributed by atoms with E-state index in [0.29, 0.717) is 5.25 Å². The molecular weight excluding hydrogens is 305 g/mol. The SMILES string of the molecule is CC1SCCCNc2ccc(I)cc21. The molecule has 1 aliphatic heterocycles. The zero-order valence-corrected chi connectivity index (χ0v) is 11.2. The first-order valence-corrected chi connectivity index (χ1v) is 7.05. The van der Waals surface area contributed by atoms with Gasteiger partial charge in [0, 0.05) is 21.1 Å². The van der Waals surface area contributed by atoms with E-state index in [-0.39, 0.29) is 0 Å². The van der Waals surface area contributed by atoms with Crippen molar-refractivity contribution in [3.05, 3.63) is 27.3 Å². The standard InChI is InChI=1S/C11H14INS/c1-8-10-7-9(12)3-4-11(10)13-5-2-6-14-8/h3-4,7-8,13H,2,5-6H2,1H3. The normalized spacial score (nSPS) is 21.7. The third-order valence-electron chi connectivity index (χ3n) is 2.46. The molecule has 1 heterocycles. The molecule has 1 nitrogen and oxygen atoms in total. The van der Waals surface area contributed by atoms with Gasteiger partial charge in [0.15, 0.2) is 0 Å². The molecule has 2 rings (SSSR count). The molecule has 3 heteroatoms. The van der Waals surface area contributed by atoms with E-state index in [9.17, 15) is 0 Å². The third-order valence-corrected chi connectivity index (χ3v) is 4.41. The van der Waals surface area contributed by atoms with Gasteiger partial charge in [0.05, 0.1) is 0 Å². The minimum Gasteiger partial charge on any atom is -0.385 e. The van der Waals surface area contributed by atoms with Gasteiger partial charge in [0.25, 0.3) is 0 Å². The van der Waals surface area contributed by atoms with Crippen molar-refractivity contribution in [1.82, 2.24) is 0 Å². The molecule has 1 aromatic rings. The van der Waals surface area contributed by atoms with Gasteiger partial charge >= 0.3 is 0 Å². The van der Waals surface area contributed by atoms with Crippen LogP contribution in [0, 0.1) is 3.57 Å². The van der Waals surface area contributed by atoms with E-state index in [4.69, 9.17) is 0 Å². The Bertz CT molecular complexity index is 327. The number of halogens is 1. The monoisotopic (exact) mass is 319 g/mol. The first kappa shape index (κ1) is 10.6. The number of thioether (sulfide) groups is 1. The van der Waals surface area contributed by atoms with E-state index in [1.54, 1.807) is 0 Å². The second-order valence-corrected chi connectivity index (χ2v) is 6.22. The van der Waals surface area contributed by atoms with Crippen molar-refractivity contribution in [2.75, 3.05) is 17.6 Å². The lowest BCUT2D eigenvalue weighted by Gasteiger charge is -2.21. The summed E-state index contributed by atoms with van der Waals surface area (Å²) >= 11 is 4.44. The fourth-order valence-electron chi connectivity index (χ4n) is 1.68. The Kier molecular flexibility index (Phi) is 3.60. The number of fused-ring (bicyclic) bond motifs is 1. The summed E-state index contributed by atoms with van der Waals surface area (Å²) < 4.78 is 1.33. The summed E-state index contributed by atoms with van der Waals surface area (Å²) in [5, 5.41) is 4.12. The molecule has 1 unspecified atom stereocenters. The molecule has 0 bridgehead atoms. The molecule has 1 atom stereocenters. The first-order chi connectivity index (χ1) is 6.77. The van der Waals surface area contributed by atoms with E-state index in [1.807, 2.05) is 0 Å². The molecule has 0 saturated heterocycles. The molecule has 76 valence electrons. The lowest BCUT2D eigenvalue weighted by molar-refractivity contribution is 0.956. The van der Waals surface area contributed by atoms with Crippen LogP contribution >= 0.6 is 34.4 Å². The Hall–Kier alpha value is 0.1000. The van der Waals surface area contributed by atoms with Crippen molar-refractivity contribution in [3.63, 3.8) is 0 Å². The number of anilines is 1. The van der Waals surface area contributed by atoms with E-state index >= 15 is 0 Å². The molecule has 0 saturated carbocycles. The summed E-state index contributed by atoms with van der Waals surface area (Å²) in [4.78, 5) is 0. The van der Waals surface area contributed by atoms with Crippen molar-refractivity contribution in [2.24, 2.45) is 0 Å². The summed E-state index contributed by atoms with van der Waals surface area (Å²) in [6.07, 6.45) is 1.26. The summed E-state index contributed by atoms with van der Waals surface area (Å²) in [5.74, 6) is 1.26. The minimum atomic E-state index is 0.618. The quantitative estimate of drug-likeness (QED) is 0.728. The zero-order valence-electron chi connectivity index (χ0n) is 8.22. The molecule has 0 aliphatic carbocycles. The highest BCUT2D eigenvalue weighted by Crippen LogP contribution is 2.35. The smallest absolute Gasteiger partial charge is 0.0384 e. The van der Waals surface area contributed by atoms with Crippen LogP contribution in [0.5, 0.6) is 0 Å². The molecule has 14 heavy (non-hydrogen) atoms. The average molecular weight is 319 g/mol. The van der Waals surface area contributed by atoms with Crippen LogP contribution in [-0.2, 0) is 0 Å². The molecule has 0 fully saturated rings. The summed E-state index contributed by atoms with van der Waals surface area (Å²) in [7, 11) is 0. The highest BCUT2D eigenvalue weighted by Gasteiger charge is 2.13. The summed E-state index contributed by atoms with van der Waals surface area (Å²) in [5.41, 5.74) is 2.78. The third kappa shape index (κ3) is 2.37. The van der Waals surface area contributed by atoms with Gasteiger partial charge in [-0.2, -0.15) is 11.8 Å². The number of hydrogen-bond acceptors (Lipinski definition) is 2. The first-order valence-electron chi connectivity index (χ1n) is 4.92. The highest BCUT2D eigenvalue weighted by molar-refractivity contribution is 14.1. The molecule has 1 N–H and O–H groups in total. The summed E-state index contributed by atoms with van der Waals surface area (Å²) in [6, 6.07) is 6.68. The molecule has 0 radical (unpaired) electrons. The maximum absolute atomic E-state index is 3.51. The van der Waals surface area contributed by atoms with Crippen LogP contribution in [0.15, 0.2) is 18.2 Å². The topological polar surface area (TPSA) is 12.0 Å². The van der Waals surface area contributed by atoms with Gasteiger partial charge in [-0.05, 0) is 65.5 Å². The predicted octanol–water partition coefficient (Wildman–Crippen LogP) is 3.90. The number of nitrogens with one attached hydrogen (secondary N) is 1. The van der Waals surface area contributed by atoms with E-state index in [1.165, 1.54) is 27.0 Å². The molecule has 0 spiro atoms. The summed E-state index contributed by atoms with van der Waals surface area (Å²) in [6.45, 7) is 3.40. The lowest BCUT2D eigenvalue weighted by Crippen LogP contribution is -2.09. The van der Waals surface area contributed by atoms with Crippen molar-refractivity contribution < 1.29 is 0 Å².